The number of hydrogen-bond donors (Lipinski definition) is 1. The fourth-order valence-corrected chi connectivity index (χ4v) is 3.93. The second kappa shape index (κ2) is 9.39. The lowest BCUT2D eigenvalue weighted by molar-refractivity contribution is -0.133. The van der Waals surface area contributed by atoms with E-state index < -0.39 is 11.6 Å². The Bertz CT molecular complexity index is 1080. The molecule has 7 heteroatoms. The van der Waals surface area contributed by atoms with E-state index in [1.807, 2.05) is 36.1 Å². The summed E-state index contributed by atoms with van der Waals surface area (Å²) in [4.78, 5) is 13.9. The lowest BCUT2D eigenvalue weighted by atomic mass is 10.0. The number of amides is 1. The van der Waals surface area contributed by atoms with Gasteiger partial charge in [0.2, 0.25) is 5.91 Å². The maximum absolute atomic E-state index is 14.4. The predicted molar refractivity (Wildman–Crippen MR) is 116 cm³/mol. The van der Waals surface area contributed by atoms with E-state index in [-0.39, 0.29) is 11.6 Å². The fourth-order valence-electron chi connectivity index (χ4n) is 3.93. The number of nitrogens with zero attached hydrogens (tertiary/aromatic N) is 3. The molecular weight excluding hydrogens is 398 g/mol. The molecule has 2 aromatic carbocycles. The lowest BCUT2D eigenvalue weighted by Crippen LogP contribution is -2.39. The van der Waals surface area contributed by atoms with Crippen LogP contribution in [-0.4, -0.2) is 40.2 Å². The number of hydrogen-bond acceptors (Lipinski definition) is 3. The molecule has 3 aromatic rings. The highest BCUT2D eigenvalue weighted by Gasteiger charge is 2.18. The average molecular weight is 424 g/mol. The lowest BCUT2D eigenvalue weighted by Gasteiger charge is -2.26. The third-order valence-corrected chi connectivity index (χ3v) is 5.64. The Morgan fingerprint density at radius 1 is 1.13 bits per heavy atom. The molecule has 2 heterocycles. The molecular formula is C24H26F2N4O. The minimum Gasteiger partial charge on any atom is -0.341 e. The van der Waals surface area contributed by atoms with Gasteiger partial charge in [0.1, 0.15) is 11.5 Å². The zero-order valence-electron chi connectivity index (χ0n) is 17.6. The van der Waals surface area contributed by atoms with Gasteiger partial charge in [-0.2, -0.15) is 5.10 Å². The molecule has 0 bridgehead atoms. The molecule has 0 spiro atoms. The Balaban J connectivity index is 1.55. The number of aromatic nitrogens is 2. The molecule has 1 aliphatic heterocycles. The fraction of sp³-hybridized carbons (Fsp3) is 0.333. The van der Waals surface area contributed by atoms with Crippen LogP contribution < -0.4 is 5.32 Å². The van der Waals surface area contributed by atoms with E-state index in [9.17, 15) is 13.6 Å². The smallest absolute Gasteiger partial charge is 0.222 e. The van der Waals surface area contributed by atoms with Gasteiger partial charge < -0.3 is 10.2 Å². The van der Waals surface area contributed by atoms with E-state index in [1.165, 1.54) is 16.8 Å². The van der Waals surface area contributed by atoms with Crippen molar-refractivity contribution in [2.75, 3.05) is 19.6 Å². The van der Waals surface area contributed by atoms with E-state index in [4.69, 9.17) is 0 Å². The molecule has 0 aliphatic carbocycles. The minimum absolute atomic E-state index is 0.196. The summed E-state index contributed by atoms with van der Waals surface area (Å²) in [6.45, 7) is 4.67. The summed E-state index contributed by atoms with van der Waals surface area (Å²) in [6.07, 6.45) is 4.44. The van der Waals surface area contributed by atoms with Gasteiger partial charge in [-0.25, -0.2) is 13.5 Å². The molecule has 1 fully saturated rings. The molecule has 0 atom stereocenters. The van der Waals surface area contributed by atoms with Gasteiger partial charge in [0.15, 0.2) is 5.82 Å². The first-order valence-corrected chi connectivity index (χ1v) is 10.6. The minimum atomic E-state index is -0.665. The molecule has 1 aromatic heterocycles. The number of piperidine rings is 1. The number of benzene rings is 2. The van der Waals surface area contributed by atoms with Crippen LogP contribution in [0, 0.1) is 18.6 Å². The van der Waals surface area contributed by atoms with Crippen LogP contribution in [0.5, 0.6) is 0 Å². The van der Waals surface area contributed by atoms with Crippen molar-refractivity contribution in [2.24, 2.45) is 0 Å². The van der Waals surface area contributed by atoms with Crippen molar-refractivity contribution in [1.82, 2.24) is 20.0 Å². The van der Waals surface area contributed by atoms with Gasteiger partial charge in [0.05, 0.1) is 5.69 Å². The second-order valence-corrected chi connectivity index (χ2v) is 7.87. The number of carbonyl (C=O) groups excluding carboxylic acids is 1. The first-order valence-electron chi connectivity index (χ1n) is 10.6. The third-order valence-electron chi connectivity index (χ3n) is 5.64. The summed E-state index contributed by atoms with van der Waals surface area (Å²) in [5, 5.41) is 8.02. The van der Waals surface area contributed by atoms with Crippen LogP contribution in [0.2, 0.25) is 0 Å². The average Bonchev–Trinajstić information content (AvgIpc) is 3.16. The molecule has 4 rings (SSSR count). The van der Waals surface area contributed by atoms with Gasteiger partial charge in [-0.15, -0.1) is 0 Å². The van der Waals surface area contributed by atoms with Gasteiger partial charge in [-0.3, -0.25) is 4.79 Å². The summed E-state index contributed by atoms with van der Waals surface area (Å²) in [5.41, 5.74) is 3.88. The number of halogens is 2. The maximum atomic E-state index is 14.4. The number of likely N-dealkylation sites (tertiary alicyclic amines) is 1. The highest BCUT2D eigenvalue weighted by molar-refractivity contribution is 5.76. The first-order chi connectivity index (χ1) is 15.0. The summed E-state index contributed by atoms with van der Waals surface area (Å²) >= 11 is 0. The summed E-state index contributed by atoms with van der Waals surface area (Å²) in [5.74, 6) is -1.07. The Labute approximate surface area is 180 Å². The Morgan fingerprint density at radius 3 is 2.74 bits per heavy atom. The van der Waals surface area contributed by atoms with E-state index >= 15 is 0 Å². The SMILES string of the molecule is Cc1ccccc1-c1nn(-c2ccc(F)cc2F)cc1CNCCN1CCCCC1=O. The zero-order valence-corrected chi connectivity index (χ0v) is 17.6. The maximum Gasteiger partial charge on any atom is 0.222 e. The zero-order chi connectivity index (χ0) is 21.8. The van der Waals surface area contributed by atoms with Crippen LogP contribution in [-0.2, 0) is 11.3 Å². The van der Waals surface area contributed by atoms with Crippen LogP contribution in [0.1, 0.15) is 30.4 Å². The van der Waals surface area contributed by atoms with E-state index in [2.05, 4.69) is 10.4 Å². The van der Waals surface area contributed by atoms with Crippen molar-refractivity contribution in [3.05, 3.63) is 71.4 Å². The highest BCUT2D eigenvalue weighted by Crippen LogP contribution is 2.27. The monoisotopic (exact) mass is 424 g/mol. The standard InChI is InChI=1S/C24H26F2N4O/c1-17-6-2-3-7-20(17)24-18(15-27-11-13-29-12-5-4-8-23(29)31)16-30(28-24)22-10-9-19(25)14-21(22)26/h2-3,6-7,9-10,14,16,27H,4-5,8,11-13,15H2,1H3. The van der Waals surface area contributed by atoms with Crippen LogP contribution >= 0.6 is 0 Å². The third kappa shape index (κ3) is 4.82. The number of nitrogens with one attached hydrogen (secondary N) is 1. The topological polar surface area (TPSA) is 50.2 Å². The van der Waals surface area contributed by atoms with Gasteiger partial charge >= 0.3 is 0 Å². The molecule has 1 N–H and O–H groups in total. The molecule has 31 heavy (non-hydrogen) atoms. The van der Waals surface area contributed by atoms with Crippen LogP contribution in [0.3, 0.4) is 0 Å². The Kier molecular flexibility index (Phi) is 6.42. The van der Waals surface area contributed by atoms with Gasteiger partial charge in [-0.05, 0) is 37.5 Å². The van der Waals surface area contributed by atoms with Gasteiger partial charge in [0, 0.05) is 56.0 Å². The van der Waals surface area contributed by atoms with Crippen molar-refractivity contribution in [3.63, 3.8) is 0 Å². The number of aryl methyl sites for hydroxylation is 1. The van der Waals surface area contributed by atoms with E-state index in [1.54, 1.807) is 6.20 Å². The normalized spacial score (nSPS) is 14.3. The van der Waals surface area contributed by atoms with Crippen molar-refractivity contribution in [2.45, 2.75) is 32.7 Å². The predicted octanol–water partition coefficient (Wildman–Crippen LogP) is 4.23. The molecule has 1 aliphatic rings. The molecule has 1 amide bonds. The van der Waals surface area contributed by atoms with E-state index in [0.29, 0.717) is 26.1 Å². The summed E-state index contributed by atoms with van der Waals surface area (Å²) in [6, 6.07) is 11.4. The van der Waals surface area contributed by atoms with Crippen molar-refractivity contribution in [3.8, 4) is 16.9 Å². The quantitative estimate of drug-likeness (QED) is 0.578. The molecule has 5 nitrogen and oxygen atoms in total. The van der Waals surface area contributed by atoms with Crippen molar-refractivity contribution in [1.29, 1.82) is 0 Å². The van der Waals surface area contributed by atoms with Crippen molar-refractivity contribution < 1.29 is 13.6 Å². The van der Waals surface area contributed by atoms with Gasteiger partial charge in [0.25, 0.3) is 0 Å². The van der Waals surface area contributed by atoms with Crippen LogP contribution in [0.25, 0.3) is 16.9 Å². The van der Waals surface area contributed by atoms with E-state index in [0.717, 1.165) is 47.8 Å². The largest absolute Gasteiger partial charge is 0.341 e. The molecule has 162 valence electrons. The Morgan fingerprint density at radius 2 is 1.97 bits per heavy atom. The molecule has 0 unspecified atom stereocenters. The van der Waals surface area contributed by atoms with Crippen molar-refractivity contribution >= 4 is 5.91 Å². The molecule has 0 radical (unpaired) electrons. The summed E-state index contributed by atoms with van der Waals surface area (Å²) < 4.78 is 29.2. The van der Waals surface area contributed by atoms with Crippen LogP contribution in [0.15, 0.2) is 48.7 Å². The Hall–Kier alpha value is -3.06. The first kappa shape index (κ1) is 21.2. The second-order valence-electron chi connectivity index (χ2n) is 7.87. The molecule has 0 saturated carbocycles. The molecule has 1 saturated heterocycles. The number of carbonyl (C=O) groups is 1. The number of rotatable bonds is 7. The van der Waals surface area contributed by atoms with Gasteiger partial charge in [-0.1, -0.05) is 24.3 Å². The summed E-state index contributed by atoms with van der Waals surface area (Å²) in [7, 11) is 0. The van der Waals surface area contributed by atoms with Crippen LogP contribution in [0.4, 0.5) is 8.78 Å². The highest BCUT2D eigenvalue weighted by atomic mass is 19.1.